The summed E-state index contributed by atoms with van der Waals surface area (Å²) in [6.07, 6.45) is -6.51. The summed E-state index contributed by atoms with van der Waals surface area (Å²) in [5, 5.41) is 6.36. The van der Waals surface area contributed by atoms with Gasteiger partial charge < -0.3 is 15.4 Å². The molecule has 0 aliphatic carbocycles. The molecule has 2 heterocycles. The lowest BCUT2D eigenvalue weighted by molar-refractivity contribution is -0.233. The predicted molar refractivity (Wildman–Crippen MR) is 80.1 cm³/mol. The Hall–Kier alpha value is -2.55. The van der Waals surface area contributed by atoms with Gasteiger partial charge in [-0.2, -0.15) is 18.3 Å². The molecular weight excluding hydrogens is 325 g/mol. The molecule has 24 heavy (non-hydrogen) atoms. The number of ether oxygens (including phenoxy) is 1. The van der Waals surface area contributed by atoms with E-state index in [1.807, 2.05) is 0 Å². The Bertz CT molecular complexity index is 730. The van der Waals surface area contributed by atoms with E-state index in [2.05, 4.69) is 10.2 Å². The van der Waals surface area contributed by atoms with Gasteiger partial charge in [-0.3, -0.25) is 9.89 Å². The zero-order valence-electron chi connectivity index (χ0n) is 12.5. The third kappa shape index (κ3) is 3.07. The zero-order valence-corrected chi connectivity index (χ0v) is 12.5. The number of nitrogen functional groups attached to an aromatic ring is 1. The van der Waals surface area contributed by atoms with Gasteiger partial charge in [0, 0.05) is 6.54 Å². The van der Waals surface area contributed by atoms with Crippen LogP contribution in [0.25, 0.3) is 11.1 Å². The third-order valence-corrected chi connectivity index (χ3v) is 3.79. The second kappa shape index (κ2) is 6.16. The molecule has 9 heteroatoms. The SMILES string of the molecule is Nc1n[nH]c(C(=O)N2CCO[C@H](C(F)(F)F)C2)c1-c1ccccc1. The number of aromatic amines is 1. The number of morpholine rings is 1. The van der Waals surface area contributed by atoms with E-state index in [-0.39, 0.29) is 24.7 Å². The number of nitrogens with zero attached hydrogens (tertiary/aromatic N) is 2. The molecule has 1 fully saturated rings. The van der Waals surface area contributed by atoms with Crippen LogP contribution >= 0.6 is 0 Å². The fourth-order valence-electron chi connectivity index (χ4n) is 2.60. The number of aromatic nitrogens is 2. The molecule has 2 aromatic rings. The van der Waals surface area contributed by atoms with Gasteiger partial charge in [0.05, 0.1) is 18.7 Å². The van der Waals surface area contributed by atoms with E-state index in [0.717, 1.165) is 4.90 Å². The minimum Gasteiger partial charge on any atom is -0.382 e. The fraction of sp³-hybridized carbons (Fsp3) is 0.333. The minimum absolute atomic E-state index is 0.0680. The maximum Gasteiger partial charge on any atom is 0.416 e. The van der Waals surface area contributed by atoms with Crippen molar-refractivity contribution < 1.29 is 22.7 Å². The molecule has 0 saturated carbocycles. The maximum absolute atomic E-state index is 12.8. The van der Waals surface area contributed by atoms with E-state index in [4.69, 9.17) is 10.5 Å². The summed E-state index contributed by atoms with van der Waals surface area (Å²) < 4.78 is 43.2. The maximum atomic E-state index is 12.8. The van der Waals surface area contributed by atoms with Crippen LogP contribution in [0.15, 0.2) is 30.3 Å². The van der Waals surface area contributed by atoms with E-state index >= 15 is 0 Å². The standard InChI is InChI=1S/C15H15F3N4O2/c16-15(17,18)10-8-22(6-7-24-10)14(23)12-11(13(19)21-20-12)9-4-2-1-3-5-9/h1-5,10H,6-8H2,(H3,19,20,21)/t10-/m0/s1. The van der Waals surface area contributed by atoms with Crippen molar-refractivity contribution in [3.8, 4) is 11.1 Å². The van der Waals surface area contributed by atoms with Crippen LogP contribution in [0.4, 0.5) is 19.0 Å². The number of anilines is 1. The van der Waals surface area contributed by atoms with Crippen molar-refractivity contribution in [1.29, 1.82) is 0 Å². The molecule has 3 N–H and O–H groups in total. The molecule has 1 aromatic carbocycles. The van der Waals surface area contributed by atoms with Crippen molar-refractivity contribution in [2.24, 2.45) is 0 Å². The molecule has 1 saturated heterocycles. The van der Waals surface area contributed by atoms with Crippen LogP contribution in [-0.2, 0) is 4.74 Å². The van der Waals surface area contributed by atoms with E-state index in [9.17, 15) is 18.0 Å². The normalized spacial score (nSPS) is 18.6. The molecule has 0 spiro atoms. The van der Waals surface area contributed by atoms with E-state index in [1.165, 1.54) is 0 Å². The molecule has 1 aliphatic heterocycles. The number of benzene rings is 1. The molecular formula is C15H15F3N4O2. The van der Waals surface area contributed by atoms with Gasteiger partial charge in [-0.25, -0.2) is 0 Å². The lowest BCUT2D eigenvalue weighted by Crippen LogP contribution is -2.51. The van der Waals surface area contributed by atoms with Crippen molar-refractivity contribution >= 4 is 11.7 Å². The molecule has 0 bridgehead atoms. The second-order valence-electron chi connectivity index (χ2n) is 5.38. The number of nitrogens with one attached hydrogen (secondary N) is 1. The fourth-order valence-corrected chi connectivity index (χ4v) is 2.60. The molecule has 0 radical (unpaired) electrons. The lowest BCUT2D eigenvalue weighted by atomic mass is 10.0. The Kier molecular flexibility index (Phi) is 4.18. The third-order valence-electron chi connectivity index (χ3n) is 3.79. The number of hydrogen-bond acceptors (Lipinski definition) is 4. The number of hydrogen-bond donors (Lipinski definition) is 2. The van der Waals surface area contributed by atoms with Crippen LogP contribution in [-0.4, -0.2) is 53.0 Å². The van der Waals surface area contributed by atoms with Crippen LogP contribution in [0.3, 0.4) is 0 Å². The van der Waals surface area contributed by atoms with Crippen molar-refractivity contribution in [3.63, 3.8) is 0 Å². The molecule has 0 unspecified atom stereocenters. The van der Waals surface area contributed by atoms with Gasteiger partial charge in [0.2, 0.25) is 0 Å². The van der Waals surface area contributed by atoms with Gasteiger partial charge in [-0.1, -0.05) is 30.3 Å². The number of H-pyrrole nitrogens is 1. The second-order valence-corrected chi connectivity index (χ2v) is 5.38. The highest BCUT2D eigenvalue weighted by Crippen LogP contribution is 2.30. The highest BCUT2D eigenvalue weighted by molar-refractivity contribution is 6.01. The average Bonchev–Trinajstić information content (AvgIpc) is 2.96. The molecule has 128 valence electrons. The Morgan fingerprint density at radius 1 is 1.33 bits per heavy atom. The Morgan fingerprint density at radius 2 is 2.04 bits per heavy atom. The van der Waals surface area contributed by atoms with Crippen molar-refractivity contribution in [2.75, 3.05) is 25.4 Å². The Labute approximate surface area is 135 Å². The summed E-state index contributed by atoms with van der Waals surface area (Å²) in [6.45, 7) is -0.672. The smallest absolute Gasteiger partial charge is 0.382 e. The molecule has 3 rings (SSSR count). The summed E-state index contributed by atoms with van der Waals surface area (Å²) in [4.78, 5) is 13.8. The Balaban J connectivity index is 1.89. The van der Waals surface area contributed by atoms with Crippen LogP contribution in [0.1, 0.15) is 10.5 Å². The van der Waals surface area contributed by atoms with Crippen LogP contribution in [0.5, 0.6) is 0 Å². The first kappa shape index (κ1) is 16.3. The number of alkyl halides is 3. The number of halogens is 3. The molecule has 1 atom stereocenters. The summed E-state index contributed by atoms with van der Waals surface area (Å²) in [5.74, 6) is -0.471. The summed E-state index contributed by atoms with van der Waals surface area (Å²) in [6, 6.07) is 8.83. The largest absolute Gasteiger partial charge is 0.416 e. The number of carbonyl (C=O) groups is 1. The lowest BCUT2D eigenvalue weighted by Gasteiger charge is -2.33. The molecule has 1 aliphatic rings. The van der Waals surface area contributed by atoms with E-state index in [1.54, 1.807) is 30.3 Å². The molecule has 1 aromatic heterocycles. The van der Waals surface area contributed by atoms with Crippen molar-refractivity contribution in [3.05, 3.63) is 36.0 Å². The van der Waals surface area contributed by atoms with Gasteiger partial charge in [-0.15, -0.1) is 0 Å². The van der Waals surface area contributed by atoms with Crippen molar-refractivity contribution in [2.45, 2.75) is 12.3 Å². The average molecular weight is 340 g/mol. The monoisotopic (exact) mass is 340 g/mol. The summed E-state index contributed by atoms with van der Waals surface area (Å²) in [5.41, 5.74) is 6.94. The zero-order chi connectivity index (χ0) is 17.3. The van der Waals surface area contributed by atoms with Crippen LogP contribution in [0, 0.1) is 0 Å². The van der Waals surface area contributed by atoms with Gasteiger partial charge in [0.25, 0.3) is 5.91 Å². The van der Waals surface area contributed by atoms with Crippen LogP contribution in [0.2, 0.25) is 0 Å². The first-order valence-corrected chi connectivity index (χ1v) is 7.25. The first-order valence-electron chi connectivity index (χ1n) is 7.25. The quantitative estimate of drug-likeness (QED) is 0.876. The molecule has 6 nitrogen and oxygen atoms in total. The van der Waals surface area contributed by atoms with Gasteiger partial charge in [0.1, 0.15) is 5.69 Å². The number of nitrogens with two attached hydrogens (primary N) is 1. The highest BCUT2D eigenvalue weighted by atomic mass is 19.4. The number of amides is 1. The van der Waals surface area contributed by atoms with Gasteiger partial charge >= 0.3 is 6.18 Å². The van der Waals surface area contributed by atoms with Crippen molar-refractivity contribution in [1.82, 2.24) is 15.1 Å². The van der Waals surface area contributed by atoms with E-state index < -0.39 is 24.7 Å². The van der Waals surface area contributed by atoms with Crippen LogP contribution < -0.4 is 5.73 Å². The highest BCUT2D eigenvalue weighted by Gasteiger charge is 2.44. The predicted octanol–water partition coefficient (Wildman–Crippen LogP) is 2.06. The van der Waals surface area contributed by atoms with E-state index in [0.29, 0.717) is 11.1 Å². The number of carbonyl (C=O) groups excluding carboxylic acids is 1. The topological polar surface area (TPSA) is 84.2 Å². The van der Waals surface area contributed by atoms with Gasteiger partial charge in [-0.05, 0) is 5.56 Å². The first-order chi connectivity index (χ1) is 11.4. The van der Waals surface area contributed by atoms with Gasteiger partial charge in [0.15, 0.2) is 11.9 Å². The Morgan fingerprint density at radius 3 is 2.71 bits per heavy atom. The number of rotatable bonds is 2. The molecule has 1 amide bonds. The minimum atomic E-state index is -4.52. The summed E-state index contributed by atoms with van der Waals surface area (Å²) >= 11 is 0. The summed E-state index contributed by atoms with van der Waals surface area (Å²) in [7, 11) is 0.